The van der Waals surface area contributed by atoms with Crippen LogP contribution in [0.5, 0.6) is 11.5 Å². The molecule has 0 saturated carbocycles. The number of ether oxygens (including phenoxy) is 2. The summed E-state index contributed by atoms with van der Waals surface area (Å²) in [5.41, 5.74) is 0. The lowest BCUT2D eigenvalue weighted by Gasteiger charge is -2.24. The standard InChI is InChI=1S/C13H19BrN2O4S/c1-19-11-6-10(14)13(7-12(11)20-2)21(17,18)16-9-4-3-5-15-8-9/h6-7,9,15-16H,3-5,8H2,1-2H3/t9-/m1/s1. The maximum atomic E-state index is 12.5. The highest BCUT2D eigenvalue weighted by Gasteiger charge is 2.25. The van der Waals surface area contributed by atoms with E-state index in [1.165, 1.54) is 20.3 Å². The molecule has 1 saturated heterocycles. The van der Waals surface area contributed by atoms with Crippen LogP contribution < -0.4 is 19.5 Å². The van der Waals surface area contributed by atoms with Crippen molar-refractivity contribution in [2.24, 2.45) is 0 Å². The van der Waals surface area contributed by atoms with Crippen molar-refractivity contribution in [2.75, 3.05) is 27.3 Å². The van der Waals surface area contributed by atoms with E-state index in [2.05, 4.69) is 26.0 Å². The summed E-state index contributed by atoms with van der Waals surface area (Å²) in [4.78, 5) is 0.144. The van der Waals surface area contributed by atoms with Gasteiger partial charge in [-0.25, -0.2) is 13.1 Å². The van der Waals surface area contributed by atoms with E-state index in [1.807, 2.05) is 0 Å². The first-order chi connectivity index (χ1) is 9.97. The van der Waals surface area contributed by atoms with Crippen molar-refractivity contribution in [3.05, 3.63) is 16.6 Å². The maximum Gasteiger partial charge on any atom is 0.242 e. The van der Waals surface area contributed by atoms with Gasteiger partial charge in [0.25, 0.3) is 0 Å². The predicted molar refractivity (Wildman–Crippen MR) is 83.5 cm³/mol. The smallest absolute Gasteiger partial charge is 0.242 e. The molecule has 0 radical (unpaired) electrons. The fourth-order valence-electron chi connectivity index (χ4n) is 2.28. The summed E-state index contributed by atoms with van der Waals surface area (Å²) in [5, 5.41) is 3.18. The van der Waals surface area contributed by atoms with E-state index in [0.29, 0.717) is 22.5 Å². The summed E-state index contributed by atoms with van der Waals surface area (Å²) in [5.74, 6) is 0.852. The Hall–Kier alpha value is -0.830. The second-order valence-electron chi connectivity index (χ2n) is 4.80. The Kier molecular flexibility index (Phi) is 5.48. The van der Waals surface area contributed by atoms with Crippen molar-refractivity contribution in [3.8, 4) is 11.5 Å². The maximum absolute atomic E-state index is 12.5. The van der Waals surface area contributed by atoms with E-state index in [9.17, 15) is 8.42 Å². The van der Waals surface area contributed by atoms with Gasteiger partial charge in [0.1, 0.15) is 4.90 Å². The summed E-state index contributed by atoms with van der Waals surface area (Å²) in [6, 6.07) is 2.96. The number of hydrogen-bond donors (Lipinski definition) is 2. The van der Waals surface area contributed by atoms with Crippen LogP contribution in [-0.4, -0.2) is 41.8 Å². The molecule has 6 nitrogen and oxygen atoms in total. The van der Waals surface area contributed by atoms with E-state index < -0.39 is 10.0 Å². The number of sulfonamides is 1. The fourth-order valence-corrected chi connectivity index (χ4v) is 4.58. The highest BCUT2D eigenvalue weighted by molar-refractivity contribution is 9.10. The molecule has 118 valence electrons. The van der Waals surface area contributed by atoms with Crippen LogP contribution in [0.4, 0.5) is 0 Å². The largest absolute Gasteiger partial charge is 0.493 e. The number of benzene rings is 1. The topological polar surface area (TPSA) is 76.7 Å². The van der Waals surface area contributed by atoms with E-state index in [4.69, 9.17) is 9.47 Å². The molecule has 2 N–H and O–H groups in total. The van der Waals surface area contributed by atoms with E-state index in [0.717, 1.165) is 19.4 Å². The van der Waals surface area contributed by atoms with E-state index in [-0.39, 0.29) is 10.9 Å². The van der Waals surface area contributed by atoms with Gasteiger partial charge in [0.05, 0.1) is 14.2 Å². The quantitative estimate of drug-likeness (QED) is 0.811. The number of piperidine rings is 1. The molecule has 21 heavy (non-hydrogen) atoms. The van der Waals surface area contributed by atoms with Gasteiger partial charge in [-0.05, 0) is 41.4 Å². The Labute approximate surface area is 133 Å². The Morgan fingerprint density at radius 2 is 1.95 bits per heavy atom. The summed E-state index contributed by atoms with van der Waals surface area (Å²) in [7, 11) is -0.643. The van der Waals surface area contributed by atoms with Gasteiger partial charge in [0.15, 0.2) is 11.5 Å². The minimum atomic E-state index is -3.62. The zero-order valence-electron chi connectivity index (χ0n) is 12.0. The summed E-state index contributed by atoms with van der Waals surface area (Å²) < 4.78 is 38.5. The van der Waals surface area contributed by atoms with Gasteiger partial charge in [-0.2, -0.15) is 0 Å². The molecule has 0 bridgehead atoms. The molecule has 0 amide bonds. The second kappa shape index (κ2) is 6.95. The normalized spacial score (nSPS) is 19.3. The lowest BCUT2D eigenvalue weighted by molar-refractivity contribution is 0.353. The number of methoxy groups -OCH3 is 2. The lowest BCUT2D eigenvalue weighted by atomic mass is 10.1. The zero-order chi connectivity index (χ0) is 15.5. The van der Waals surface area contributed by atoms with Crippen LogP contribution in [0.1, 0.15) is 12.8 Å². The van der Waals surface area contributed by atoms with Crippen molar-refractivity contribution in [2.45, 2.75) is 23.8 Å². The van der Waals surface area contributed by atoms with Crippen LogP contribution in [-0.2, 0) is 10.0 Å². The molecule has 0 unspecified atom stereocenters. The van der Waals surface area contributed by atoms with Gasteiger partial charge in [0, 0.05) is 23.1 Å². The molecule has 1 fully saturated rings. The molecular weight excluding hydrogens is 360 g/mol. The van der Waals surface area contributed by atoms with Gasteiger partial charge >= 0.3 is 0 Å². The van der Waals surface area contributed by atoms with Gasteiger partial charge in [-0.1, -0.05) is 0 Å². The first-order valence-electron chi connectivity index (χ1n) is 6.62. The second-order valence-corrected chi connectivity index (χ2v) is 7.34. The Morgan fingerprint density at radius 1 is 1.29 bits per heavy atom. The van der Waals surface area contributed by atoms with Crippen molar-refractivity contribution < 1.29 is 17.9 Å². The molecule has 1 heterocycles. The van der Waals surface area contributed by atoms with Gasteiger partial charge in [-0.3, -0.25) is 0 Å². The summed E-state index contributed by atoms with van der Waals surface area (Å²) >= 11 is 3.28. The number of nitrogens with one attached hydrogen (secondary N) is 2. The average Bonchev–Trinajstić information content (AvgIpc) is 2.47. The first kappa shape index (κ1) is 16.5. The molecule has 0 aromatic heterocycles. The molecular formula is C13H19BrN2O4S. The van der Waals surface area contributed by atoms with Crippen LogP contribution in [0, 0.1) is 0 Å². The Bertz CT molecular complexity index is 600. The molecule has 0 spiro atoms. The molecule has 8 heteroatoms. The van der Waals surface area contributed by atoms with E-state index >= 15 is 0 Å². The minimum Gasteiger partial charge on any atom is -0.493 e. The Morgan fingerprint density at radius 3 is 2.52 bits per heavy atom. The average molecular weight is 379 g/mol. The monoisotopic (exact) mass is 378 g/mol. The summed E-state index contributed by atoms with van der Waals surface area (Å²) in [6.45, 7) is 1.57. The zero-order valence-corrected chi connectivity index (χ0v) is 14.4. The number of halogens is 1. The molecule has 0 aliphatic carbocycles. The van der Waals surface area contributed by atoms with Gasteiger partial charge in [0.2, 0.25) is 10.0 Å². The number of rotatable bonds is 5. The van der Waals surface area contributed by atoms with Crippen LogP contribution in [0.25, 0.3) is 0 Å². The van der Waals surface area contributed by atoms with Crippen LogP contribution in [0.15, 0.2) is 21.5 Å². The van der Waals surface area contributed by atoms with E-state index in [1.54, 1.807) is 6.07 Å². The molecule has 1 aliphatic heterocycles. The molecule has 1 aromatic carbocycles. The molecule has 1 atom stereocenters. The molecule has 1 aromatic rings. The van der Waals surface area contributed by atoms with Crippen molar-refractivity contribution in [3.63, 3.8) is 0 Å². The van der Waals surface area contributed by atoms with Crippen LogP contribution >= 0.6 is 15.9 Å². The third-order valence-electron chi connectivity index (χ3n) is 3.35. The third kappa shape index (κ3) is 3.88. The first-order valence-corrected chi connectivity index (χ1v) is 8.90. The predicted octanol–water partition coefficient (Wildman–Crippen LogP) is 1.50. The minimum absolute atomic E-state index is 0.0938. The molecule has 1 aliphatic rings. The van der Waals surface area contributed by atoms with Crippen LogP contribution in [0.2, 0.25) is 0 Å². The lowest BCUT2D eigenvalue weighted by Crippen LogP contribution is -2.45. The van der Waals surface area contributed by atoms with Gasteiger partial charge < -0.3 is 14.8 Å². The summed E-state index contributed by atoms with van der Waals surface area (Å²) in [6.07, 6.45) is 1.79. The van der Waals surface area contributed by atoms with Gasteiger partial charge in [-0.15, -0.1) is 0 Å². The fraction of sp³-hybridized carbons (Fsp3) is 0.538. The van der Waals surface area contributed by atoms with Crippen molar-refractivity contribution in [1.82, 2.24) is 10.0 Å². The van der Waals surface area contributed by atoms with Crippen molar-refractivity contribution in [1.29, 1.82) is 0 Å². The number of hydrogen-bond acceptors (Lipinski definition) is 5. The SMILES string of the molecule is COc1cc(Br)c(S(=O)(=O)N[C@@H]2CCCNC2)cc1OC. The highest BCUT2D eigenvalue weighted by Crippen LogP contribution is 2.35. The third-order valence-corrected chi connectivity index (χ3v) is 5.83. The van der Waals surface area contributed by atoms with Crippen LogP contribution in [0.3, 0.4) is 0 Å². The Balaban J connectivity index is 2.30. The molecule has 2 rings (SSSR count). The highest BCUT2D eigenvalue weighted by atomic mass is 79.9. The van der Waals surface area contributed by atoms with Crippen molar-refractivity contribution >= 4 is 26.0 Å².